The van der Waals surface area contributed by atoms with Crippen LogP contribution in [0.4, 0.5) is 11.4 Å². The van der Waals surface area contributed by atoms with Gasteiger partial charge in [-0.2, -0.15) is 0 Å². The molecule has 3 aromatic carbocycles. The minimum atomic E-state index is -1.25. The van der Waals surface area contributed by atoms with E-state index in [1.807, 2.05) is 19.1 Å². The van der Waals surface area contributed by atoms with E-state index in [1.54, 1.807) is 42.5 Å². The molecule has 0 aromatic heterocycles. The topological polar surface area (TPSA) is 72.2 Å². The minimum absolute atomic E-state index is 0.159. The maximum absolute atomic E-state index is 13.0. The molecule has 4 rings (SSSR count). The molecule has 4 nitrogen and oxygen atoms in total. The number of Topliss-reactive ketones (excluding diaryl/α,β-unsaturated/α-hetero) is 1. The van der Waals surface area contributed by atoms with E-state index in [0.29, 0.717) is 31.5 Å². The second-order valence-electron chi connectivity index (χ2n) is 8.27. The lowest BCUT2D eigenvalue weighted by Gasteiger charge is -2.10. The van der Waals surface area contributed by atoms with Crippen LogP contribution in [0.25, 0.3) is 0 Å². The normalized spacial score (nSPS) is 18.4. The molecule has 176 valence electrons. The van der Waals surface area contributed by atoms with Crippen LogP contribution in [0.15, 0.2) is 59.1 Å². The number of benzene rings is 3. The number of aryl methyl sites for hydroxylation is 1. The van der Waals surface area contributed by atoms with Gasteiger partial charge in [-0.15, -0.1) is 23.2 Å². The number of anilines is 2. The van der Waals surface area contributed by atoms with Gasteiger partial charge >= 0.3 is 0 Å². The molecule has 9 heteroatoms. The number of nitrogens with two attached hydrogens (primary N) is 1. The number of nitrogens with one attached hydrogen (secondary N) is 1. The molecule has 2 unspecified atom stereocenters. The number of alkyl halides is 2. The Morgan fingerprint density at radius 1 is 1.03 bits per heavy atom. The van der Waals surface area contributed by atoms with Gasteiger partial charge in [-0.25, -0.2) is 0 Å². The Morgan fingerprint density at radius 3 is 2.41 bits per heavy atom. The molecule has 34 heavy (non-hydrogen) atoms. The van der Waals surface area contributed by atoms with Crippen molar-refractivity contribution in [1.29, 1.82) is 0 Å². The van der Waals surface area contributed by atoms with Gasteiger partial charge in [0.1, 0.15) is 4.33 Å². The molecule has 1 aliphatic rings. The van der Waals surface area contributed by atoms with E-state index < -0.39 is 16.2 Å². The summed E-state index contributed by atoms with van der Waals surface area (Å²) in [5, 5.41) is 3.67. The molecule has 1 fully saturated rings. The summed E-state index contributed by atoms with van der Waals surface area (Å²) in [5.74, 6) is -1.59. The Balaban J connectivity index is 1.51. The summed E-state index contributed by atoms with van der Waals surface area (Å²) in [4.78, 5) is 26.0. The molecule has 0 bridgehead atoms. The number of carbonyl (C=O) groups is 2. The predicted octanol–water partition coefficient (Wildman–Crippen LogP) is 7.60. The van der Waals surface area contributed by atoms with Crippen molar-refractivity contribution in [3.8, 4) is 0 Å². The number of nitrogen functional groups attached to an aromatic ring is 1. The summed E-state index contributed by atoms with van der Waals surface area (Å²) >= 11 is 28.7. The predicted molar refractivity (Wildman–Crippen MR) is 144 cm³/mol. The highest BCUT2D eigenvalue weighted by atomic mass is 79.9. The summed E-state index contributed by atoms with van der Waals surface area (Å²) in [6.07, 6.45) is 0.159. The first-order chi connectivity index (χ1) is 16.0. The fourth-order valence-corrected chi connectivity index (χ4v) is 5.56. The highest BCUT2D eigenvalue weighted by Gasteiger charge is 2.67. The largest absolute Gasteiger partial charge is 0.399 e. The molecule has 0 aliphatic heterocycles. The summed E-state index contributed by atoms with van der Waals surface area (Å²) in [6.45, 7) is 1.90. The smallest absolute Gasteiger partial charge is 0.231 e. The summed E-state index contributed by atoms with van der Waals surface area (Å²) in [6, 6.07) is 15.5. The van der Waals surface area contributed by atoms with Crippen LogP contribution in [0, 0.1) is 12.8 Å². The standard InChI is InChI=1S/C25H19BrCl4N2O2/c1-12-8-15(31)4-2-13(12)10-21(33)17-11-16(5-7-19(17)27)32-24(34)23-22(25(23,29)30)14-3-6-20(28)18(26)9-14/h2-9,11,22-23H,10,31H2,1H3,(H,32,34). The Labute approximate surface area is 225 Å². The monoisotopic (exact) mass is 598 g/mol. The van der Waals surface area contributed by atoms with Gasteiger partial charge in [0.05, 0.1) is 16.0 Å². The highest BCUT2D eigenvalue weighted by Crippen LogP contribution is 2.65. The van der Waals surface area contributed by atoms with Gasteiger partial charge in [-0.05, 0) is 82.0 Å². The molecule has 1 amide bonds. The summed E-state index contributed by atoms with van der Waals surface area (Å²) < 4.78 is -0.561. The van der Waals surface area contributed by atoms with Crippen LogP contribution in [0.3, 0.4) is 0 Å². The van der Waals surface area contributed by atoms with Crippen molar-refractivity contribution < 1.29 is 9.59 Å². The van der Waals surface area contributed by atoms with Crippen molar-refractivity contribution >= 4 is 85.4 Å². The summed E-state index contributed by atoms with van der Waals surface area (Å²) in [7, 11) is 0. The van der Waals surface area contributed by atoms with Gasteiger partial charge in [0.25, 0.3) is 0 Å². The average Bonchev–Trinajstić information content (AvgIpc) is 3.35. The Hall–Kier alpha value is -1.76. The van der Waals surface area contributed by atoms with E-state index in [9.17, 15) is 9.59 Å². The zero-order chi connectivity index (χ0) is 24.8. The quantitative estimate of drug-likeness (QED) is 0.174. The molecule has 0 saturated heterocycles. The van der Waals surface area contributed by atoms with Crippen molar-refractivity contribution in [2.45, 2.75) is 23.6 Å². The van der Waals surface area contributed by atoms with Gasteiger partial charge in [0.15, 0.2) is 5.78 Å². The number of hydrogen-bond donors (Lipinski definition) is 2. The Bertz CT molecular complexity index is 1310. The van der Waals surface area contributed by atoms with Crippen LogP contribution in [0.1, 0.15) is 33.0 Å². The van der Waals surface area contributed by atoms with Crippen LogP contribution >= 0.6 is 62.3 Å². The third kappa shape index (κ3) is 5.09. The SMILES string of the molecule is Cc1cc(N)ccc1CC(=O)c1cc(NC(=O)C2C(c3ccc(Cl)c(Br)c3)C2(Cl)Cl)ccc1Cl. The molecule has 1 aliphatic carbocycles. The minimum Gasteiger partial charge on any atom is -0.399 e. The fraction of sp³-hybridized carbons (Fsp3) is 0.200. The number of hydrogen-bond acceptors (Lipinski definition) is 3. The molecule has 2 atom stereocenters. The van der Waals surface area contributed by atoms with E-state index in [0.717, 1.165) is 16.7 Å². The molecule has 0 heterocycles. The zero-order valence-corrected chi connectivity index (χ0v) is 22.5. The van der Waals surface area contributed by atoms with Crippen LogP contribution in [-0.2, 0) is 11.2 Å². The first-order valence-electron chi connectivity index (χ1n) is 10.3. The number of halogens is 5. The van der Waals surface area contributed by atoms with E-state index in [2.05, 4.69) is 21.2 Å². The first kappa shape index (κ1) is 25.3. The lowest BCUT2D eigenvalue weighted by atomic mass is 9.98. The molecular weight excluding hydrogens is 582 g/mol. The maximum atomic E-state index is 13.0. The third-order valence-corrected chi connectivity index (χ3v) is 8.37. The van der Waals surface area contributed by atoms with Gasteiger partial charge < -0.3 is 11.1 Å². The molecule has 0 radical (unpaired) electrons. The number of amides is 1. The van der Waals surface area contributed by atoms with Gasteiger partial charge in [0.2, 0.25) is 5.91 Å². The molecule has 1 saturated carbocycles. The van der Waals surface area contributed by atoms with Gasteiger partial charge in [-0.3, -0.25) is 9.59 Å². The van der Waals surface area contributed by atoms with Crippen molar-refractivity contribution in [1.82, 2.24) is 0 Å². The third-order valence-electron chi connectivity index (χ3n) is 5.89. The first-order valence-corrected chi connectivity index (χ1v) is 12.6. The highest BCUT2D eigenvalue weighted by molar-refractivity contribution is 9.10. The van der Waals surface area contributed by atoms with E-state index in [1.165, 1.54) is 0 Å². The Morgan fingerprint density at radius 2 is 1.74 bits per heavy atom. The van der Waals surface area contributed by atoms with Crippen molar-refractivity contribution in [3.63, 3.8) is 0 Å². The second kappa shape index (κ2) is 9.71. The van der Waals surface area contributed by atoms with E-state index >= 15 is 0 Å². The van der Waals surface area contributed by atoms with Gasteiger partial charge in [0, 0.05) is 33.7 Å². The average molecular weight is 601 g/mol. The molecule has 0 spiro atoms. The molecule has 3 aromatic rings. The van der Waals surface area contributed by atoms with Crippen LogP contribution in [0.5, 0.6) is 0 Å². The molecule has 3 N–H and O–H groups in total. The van der Waals surface area contributed by atoms with Crippen molar-refractivity contribution in [3.05, 3.63) is 91.4 Å². The van der Waals surface area contributed by atoms with Crippen molar-refractivity contribution in [2.24, 2.45) is 5.92 Å². The van der Waals surface area contributed by atoms with E-state index in [-0.39, 0.29) is 18.1 Å². The van der Waals surface area contributed by atoms with Crippen LogP contribution in [0.2, 0.25) is 10.0 Å². The second-order valence-corrected chi connectivity index (χ2v) is 11.4. The maximum Gasteiger partial charge on any atom is 0.231 e. The van der Waals surface area contributed by atoms with Gasteiger partial charge in [-0.1, -0.05) is 35.3 Å². The summed E-state index contributed by atoms with van der Waals surface area (Å²) in [5.41, 5.74) is 9.75. The Kier molecular flexibility index (Phi) is 7.24. The fourth-order valence-electron chi connectivity index (χ4n) is 4.00. The lowest BCUT2D eigenvalue weighted by Crippen LogP contribution is -2.17. The van der Waals surface area contributed by atoms with Crippen LogP contribution in [-0.4, -0.2) is 16.0 Å². The molecular formula is C25H19BrCl4N2O2. The number of ketones is 1. The lowest BCUT2D eigenvalue weighted by molar-refractivity contribution is -0.117. The number of rotatable bonds is 6. The zero-order valence-electron chi connectivity index (χ0n) is 17.8. The number of carbonyl (C=O) groups excluding carboxylic acids is 2. The van der Waals surface area contributed by atoms with Crippen molar-refractivity contribution in [2.75, 3.05) is 11.1 Å². The van der Waals surface area contributed by atoms with Crippen LogP contribution < -0.4 is 11.1 Å². The van der Waals surface area contributed by atoms with E-state index in [4.69, 9.17) is 52.1 Å².